The Hall–Kier alpha value is -0.820. The van der Waals surface area contributed by atoms with Crippen molar-refractivity contribution < 1.29 is 17.9 Å². The van der Waals surface area contributed by atoms with Gasteiger partial charge in [0.05, 0.1) is 11.5 Å². The summed E-state index contributed by atoms with van der Waals surface area (Å²) in [6, 6.07) is 0. The summed E-state index contributed by atoms with van der Waals surface area (Å²) in [5, 5.41) is 0.325. The zero-order chi connectivity index (χ0) is 9.90. The third-order valence-electron chi connectivity index (χ3n) is 1.08. The van der Waals surface area contributed by atoms with Crippen molar-refractivity contribution in [1.29, 1.82) is 0 Å². The van der Waals surface area contributed by atoms with Gasteiger partial charge in [-0.05, 0) is 0 Å². The second-order valence-electron chi connectivity index (χ2n) is 2.27. The Morgan fingerprint density at radius 3 is 2.69 bits per heavy atom. The summed E-state index contributed by atoms with van der Waals surface area (Å²) in [6.45, 7) is -1.35. The molecule has 0 fully saturated rings. The first-order valence-electron chi connectivity index (χ1n) is 3.32. The van der Waals surface area contributed by atoms with E-state index in [0.29, 0.717) is 10.0 Å². The van der Waals surface area contributed by atoms with E-state index in [9.17, 15) is 13.2 Å². The van der Waals surface area contributed by atoms with Gasteiger partial charge in [-0.1, -0.05) is 11.3 Å². The van der Waals surface area contributed by atoms with E-state index >= 15 is 0 Å². The highest BCUT2D eigenvalue weighted by Crippen LogP contribution is 2.18. The molecule has 0 unspecified atom stereocenters. The van der Waals surface area contributed by atoms with Crippen LogP contribution in [0.25, 0.3) is 0 Å². The lowest BCUT2D eigenvalue weighted by molar-refractivity contribution is -0.176. The summed E-state index contributed by atoms with van der Waals surface area (Å²) in [5.74, 6) is 0. The summed E-state index contributed by atoms with van der Waals surface area (Å²) in [7, 11) is 0. The van der Waals surface area contributed by atoms with Gasteiger partial charge in [-0.2, -0.15) is 13.2 Å². The Morgan fingerprint density at radius 1 is 1.54 bits per heavy atom. The summed E-state index contributed by atoms with van der Waals surface area (Å²) < 4.78 is 39.2. The molecule has 0 saturated carbocycles. The van der Waals surface area contributed by atoms with Crippen LogP contribution in [0.3, 0.4) is 0 Å². The van der Waals surface area contributed by atoms with Gasteiger partial charge in [0.25, 0.3) is 0 Å². The van der Waals surface area contributed by atoms with Crippen molar-refractivity contribution in [2.75, 3.05) is 12.3 Å². The maximum atomic E-state index is 11.6. The summed E-state index contributed by atoms with van der Waals surface area (Å²) in [5.41, 5.74) is 5.27. The summed E-state index contributed by atoms with van der Waals surface area (Å²) >= 11 is 1.11. The molecular formula is C6H7F3N2OS. The standard InChI is InChI=1S/C6H7F3N2OS/c7-6(8,9)3-12-2-4-1-11-5(10)13-4/h1H,2-3H2,(H2,10,11). The number of nitrogen functional groups attached to an aromatic ring is 1. The van der Waals surface area contributed by atoms with Crippen LogP contribution in [-0.2, 0) is 11.3 Å². The topological polar surface area (TPSA) is 48.1 Å². The van der Waals surface area contributed by atoms with Crippen LogP contribution in [0.15, 0.2) is 6.20 Å². The van der Waals surface area contributed by atoms with Crippen LogP contribution in [-0.4, -0.2) is 17.8 Å². The number of nitrogens with zero attached hydrogens (tertiary/aromatic N) is 1. The molecule has 0 bridgehead atoms. The van der Waals surface area contributed by atoms with Crippen LogP contribution in [0, 0.1) is 0 Å². The average molecular weight is 212 g/mol. The second kappa shape index (κ2) is 3.93. The Labute approximate surface area is 76.3 Å². The third kappa shape index (κ3) is 4.09. The van der Waals surface area contributed by atoms with Crippen LogP contribution in [0.2, 0.25) is 0 Å². The molecule has 1 heterocycles. The Balaban J connectivity index is 2.28. The molecule has 2 N–H and O–H groups in total. The van der Waals surface area contributed by atoms with Crippen LogP contribution >= 0.6 is 11.3 Å². The van der Waals surface area contributed by atoms with Crippen molar-refractivity contribution in [2.24, 2.45) is 0 Å². The molecule has 0 aliphatic carbocycles. The lowest BCUT2D eigenvalue weighted by Crippen LogP contribution is -2.16. The smallest absolute Gasteiger partial charge is 0.375 e. The van der Waals surface area contributed by atoms with Crippen LogP contribution in [0.5, 0.6) is 0 Å². The van der Waals surface area contributed by atoms with Crippen LogP contribution in [0.1, 0.15) is 4.88 Å². The minimum absolute atomic E-state index is 0.103. The van der Waals surface area contributed by atoms with Crippen molar-refractivity contribution in [3.63, 3.8) is 0 Å². The Morgan fingerprint density at radius 2 is 2.23 bits per heavy atom. The number of rotatable bonds is 3. The van der Waals surface area contributed by atoms with E-state index < -0.39 is 12.8 Å². The minimum Gasteiger partial charge on any atom is -0.375 e. The number of halogens is 3. The highest BCUT2D eigenvalue weighted by atomic mass is 32.1. The fraction of sp³-hybridized carbons (Fsp3) is 0.500. The maximum Gasteiger partial charge on any atom is 0.411 e. The molecule has 1 rings (SSSR count). The normalized spacial score (nSPS) is 11.9. The molecule has 0 spiro atoms. The highest BCUT2D eigenvalue weighted by molar-refractivity contribution is 7.15. The number of aromatic nitrogens is 1. The number of hydrogen-bond donors (Lipinski definition) is 1. The van der Waals surface area contributed by atoms with E-state index in [0.717, 1.165) is 11.3 Å². The Bertz CT molecular complexity index is 273. The van der Waals surface area contributed by atoms with E-state index in [1.165, 1.54) is 6.20 Å². The fourth-order valence-electron chi connectivity index (χ4n) is 0.657. The average Bonchev–Trinajstić information content (AvgIpc) is 2.33. The van der Waals surface area contributed by atoms with Crippen LogP contribution < -0.4 is 5.73 Å². The van der Waals surface area contributed by atoms with Gasteiger partial charge >= 0.3 is 6.18 Å². The molecule has 3 nitrogen and oxygen atoms in total. The number of anilines is 1. The summed E-state index contributed by atoms with van der Waals surface area (Å²) in [4.78, 5) is 4.25. The van der Waals surface area contributed by atoms with Crippen molar-refractivity contribution in [1.82, 2.24) is 4.98 Å². The van der Waals surface area contributed by atoms with Crippen molar-refractivity contribution >= 4 is 16.5 Å². The monoisotopic (exact) mass is 212 g/mol. The summed E-state index contributed by atoms with van der Waals surface area (Å²) in [6.07, 6.45) is -2.88. The van der Waals surface area contributed by atoms with Gasteiger partial charge in [-0.25, -0.2) is 4.98 Å². The number of nitrogens with two attached hydrogens (primary N) is 1. The van der Waals surface area contributed by atoms with Crippen LogP contribution in [0.4, 0.5) is 18.3 Å². The zero-order valence-corrected chi connectivity index (χ0v) is 7.28. The van der Waals surface area contributed by atoms with E-state index in [4.69, 9.17) is 5.73 Å². The van der Waals surface area contributed by atoms with Gasteiger partial charge < -0.3 is 10.5 Å². The minimum atomic E-state index is -4.28. The number of hydrogen-bond acceptors (Lipinski definition) is 4. The van der Waals surface area contributed by atoms with Gasteiger partial charge in [0, 0.05) is 6.20 Å². The van der Waals surface area contributed by atoms with E-state index in [1.807, 2.05) is 0 Å². The quantitative estimate of drug-likeness (QED) is 0.831. The molecule has 7 heteroatoms. The number of alkyl halides is 3. The third-order valence-corrected chi connectivity index (χ3v) is 1.88. The van der Waals surface area contributed by atoms with Crippen molar-refractivity contribution in [2.45, 2.75) is 12.8 Å². The molecule has 0 atom stereocenters. The molecular weight excluding hydrogens is 205 g/mol. The maximum absolute atomic E-state index is 11.6. The molecule has 74 valence electrons. The highest BCUT2D eigenvalue weighted by Gasteiger charge is 2.27. The van der Waals surface area contributed by atoms with Gasteiger partial charge in [0.1, 0.15) is 6.61 Å². The fourth-order valence-corrected chi connectivity index (χ4v) is 1.28. The molecule has 0 aromatic carbocycles. The molecule has 13 heavy (non-hydrogen) atoms. The molecule has 1 aromatic rings. The van der Waals surface area contributed by atoms with Crippen molar-refractivity contribution in [3.05, 3.63) is 11.1 Å². The SMILES string of the molecule is Nc1ncc(COCC(F)(F)F)s1. The number of ether oxygens (including phenoxy) is 1. The van der Waals surface area contributed by atoms with E-state index in [-0.39, 0.29) is 6.61 Å². The second-order valence-corrected chi connectivity index (χ2v) is 3.42. The van der Waals surface area contributed by atoms with Gasteiger partial charge in [0.15, 0.2) is 5.13 Å². The lowest BCUT2D eigenvalue weighted by Gasteiger charge is -2.05. The molecule has 0 aliphatic heterocycles. The first-order valence-corrected chi connectivity index (χ1v) is 4.14. The molecule has 0 amide bonds. The predicted octanol–water partition coefficient (Wildman–Crippen LogP) is 1.80. The first kappa shape index (κ1) is 10.3. The lowest BCUT2D eigenvalue weighted by atomic mass is 10.6. The molecule has 0 radical (unpaired) electrons. The Kier molecular flexibility index (Phi) is 3.10. The largest absolute Gasteiger partial charge is 0.411 e. The molecule has 0 saturated heterocycles. The van der Waals surface area contributed by atoms with E-state index in [2.05, 4.69) is 9.72 Å². The predicted molar refractivity (Wildman–Crippen MR) is 42.2 cm³/mol. The molecule has 1 aromatic heterocycles. The van der Waals surface area contributed by atoms with Gasteiger partial charge in [-0.15, -0.1) is 0 Å². The van der Waals surface area contributed by atoms with Crippen molar-refractivity contribution in [3.8, 4) is 0 Å². The number of thiazole rings is 1. The van der Waals surface area contributed by atoms with E-state index in [1.54, 1.807) is 0 Å². The zero-order valence-electron chi connectivity index (χ0n) is 6.47. The van der Waals surface area contributed by atoms with Gasteiger partial charge in [0.2, 0.25) is 0 Å². The molecule has 0 aliphatic rings. The van der Waals surface area contributed by atoms with Gasteiger partial charge in [-0.3, -0.25) is 0 Å². The first-order chi connectivity index (χ1) is 5.97.